The Kier molecular flexibility index (Phi) is 8.57. The summed E-state index contributed by atoms with van der Waals surface area (Å²) < 4.78 is 15.6. The van der Waals surface area contributed by atoms with E-state index in [0.29, 0.717) is 25.0 Å². The second-order valence-electron chi connectivity index (χ2n) is 10.1. The number of carbonyl (C=O) groups is 1. The lowest BCUT2D eigenvalue weighted by atomic mass is 10.1. The third kappa shape index (κ3) is 5.90. The van der Waals surface area contributed by atoms with Crippen LogP contribution in [-0.4, -0.2) is 83.4 Å². The summed E-state index contributed by atoms with van der Waals surface area (Å²) in [4.78, 5) is 21.5. The number of hydrogen-bond donors (Lipinski definition) is 0. The third-order valence-electron chi connectivity index (χ3n) is 6.38. The predicted octanol–water partition coefficient (Wildman–Crippen LogP) is 4.24. The number of aromatic nitrogens is 2. The monoisotopic (exact) mass is 472 g/mol. The Morgan fingerprint density at radius 1 is 1.06 bits per heavy atom. The molecule has 34 heavy (non-hydrogen) atoms. The van der Waals surface area contributed by atoms with E-state index in [-0.39, 0.29) is 11.8 Å². The van der Waals surface area contributed by atoms with Gasteiger partial charge in [-0.05, 0) is 50.5 Å². The molecule has 1 aliphatic rings. The summed E-state index contributed by atoms with van der Waals surface area (Å²) >= 11 is 0. The minimum Gasteiger partial charge on any atom is -0.354 e. The van der Waals surface area contributed by atoms with Crippen molar-refractivity contribution < 1.29 is 9.18 Å². The highest BCUT2D eigenvalue weighted by Crippen LogP contribution is 2.31. The van der Waals surface area contributed by atoms with Gasteiger partial charge < -0.3 is 14.7 Å². The van der Waals surface area contributed by atoms with Crippen LogP contribution >= 0.6 is 0 Å². The Morgan fingerprint density at radius 3 is 2.18 bits per heavy atom. The zero-order valence-electron chi connectivity index (χ0n) is 21.9. The maximum absolute atomic E-state index is 13.7. The van der Waals surface area contributed by atoms with Gasteiger partial charge >= 0.3 is 6.03 Å². The Labute approximate surface area is 204 Å². The SMILES string of the molecule is CCc1nn(-c2ccc(F)cc2)c(N2CCN(C(C)C)CC2)c1CN(CC(C)C)C(=O)N(C)C. The van der Waals surface area contributed by atoms with Crippen molar-refractivity contribution in [1.82, 2.24) is 24.5 Å². The highest BCUT2D eigenvalue weighted by molar-refractivity contribution is 5.74. The number of amides is 2. The average Bonchev–Trinajstić information content (AvgIpc) is 3.16. The van der Waals surface area contributed by atoms with Gasteiger partial charge in [0.15, 0.2) is 0 Å². The van der Waals surface area contributed by atoms with Gasteiger partial charge in [0.2, 0.25) is 0 Å². The maximum Gasteiger partial charge on any atom is 0.319 e. The first-order valence-electron chi connectivity index (χ1n) is 12.4. The minimum absolute atomic E-state index is 0.000798. The fourth-order valence-corrected chi connectivity index (χ4v) is 4.59. The molecule has 8 heteroatoms. The van der Waals surface area contributed by atoms with Crippen LogP contribution in [0.3, 0.4) is 0 Å². The number of benzene rings is 1. The lowest BCUT2D eigenvalue weighted by Crippen LogP contribution is -2.49. The molecule has 1 aromatic heterocycles. The highest BCUT2D eigenvalue weighted by atomic mass is 19.1. The molecule has 188 valence electrons. The van der Waals surface area contributed by atoms with Crippen molar-refractivity contribution in [2.75, 3.05) is 51.7 Å². The van der Waals surface area contributed by atoms with Crippen molar-refractivity contribution in [2.45, 2.75) is 53.6 Å². The van der Waals surface area contributed by atoms with Crippen LogP contribution < -0.4 is 4.90 Å². The van der Waals surface area contributed by atoms with Crippen LogP contribution in [0, 0.1) is 11.7 Å². The molecular formula is C26H41FN6O. The molecule has 2 amide bonds. The summed E-state index contributed by atoms with van der Waals surface area (Å²) in [7, 11) is 3.59. The summed E-state index contributed by atoms with van der Waals surface area (Å²) in [6, 6.07) is 7.01. The number of anilines is 1. The number of rotatable bonds is 8. The van der Waals surface area contributed by atoms with E-state index >= 15 is 0 Å². The van der Waals surface area contributed by atoms with Crippen molar-refractivity contribution in [3.05, 3.63) is 41.3 Å². The Balaban J connectivity index is 2.08. The average molecular weight is 473 g/mol. The summed E-state index contributed by atoms with van der Waals surface area (Å²) in [5, 5.41) is 4.98. The van der Waals surface area contributed by atoms with Gasteiger partial charge in [0.1, 0.15) is 11.6 Å². The van der Waals surface area contributed by atoms with Crippen molar-refractivity contribution in [3.8, 4) is 5.69 Å². The zero-order chi connectivity index (χ0) is 25.0. The molecule has 1 fully saturated rings. The van der Waals surface area contributed by atoms with Crippen LogP contribution in [0.15, 0.2) is 24.3 Å². The second kappa shape index (κ2) is 11.2. The lowest BCUT2D eigenvalue weighted by molar-refractivity contribution is 0.161. The molecule has 1 aromatic carbocycles. The van der Waals surface area contributed by atoms with E-state index < -0.39 is 0 Å². The van der Waals surface area contributed by atoms with E-state index in [9.17, 15) is 9.18 Å². The molecule has 0 atom stereocenters. The quantitative estimate of drug-likeness (QED) is 0.577. The summed E-state index contributed by atoms with van der Waals surface area (Å²) in [6.45, 7) is 15.7. The molecular weight excluding hydrogens is 431 g/mol. The van der Waals surface area contributed by atoms with E-state index in [0.717, 1.165) is 55.4 Å². The van der Waals surface area contributed by atoms with Gasteiger partial charge in [0.05, 0.1) is 17.9 Å². The van der Waals surface area contributed by atoms with Crippen LogP contribution in [0.4, 0.5) is 15.0 Å². The minimum atomic E-state index is -0.265. The zero-order valence-corrected chi connectivity index (χ0v) is 21.9. The molecule has 0 bridgehead atoms. The van der Waals surface area contributed by atoms with E-state index in [1.165, 1.54) is 12.1 Å². The highest BCUT2D eigenvalue weighted by Gasteiger charge is 2.29. The van der Waals surface area contributed by atoms with E-state index in [2.05, 4.69) is 44.4 Å². The van der Waals surface area contributed by atoms with E-state index in [1.807, 2.05) is 9.58 Å². The second-order valence-corrected chi connectivity index (χ2v) is 10.1. The first-order valence-corrected chi connectivity index (χ1v) is 12.4. The molecule has 1 aliphatic heterocycles. The first-order chi connectivity index (χ1) is 16.1. The number of hydrogen-bond acceptors (Lipinski definition) is 4. The molecule has 0 aliphatic carbocycles. The Hall–Kier alpha value is -2.61. The number of nitrogens with zero attached hydrogens (tertiary/aromatic N) is 6. The van der Waals surface area contributed by atoms with E-state index in [4.69, 9.17) is 5.10 Å². The van der Waals surface area contributed by atoms with Gasteiger partial charge in [0.25, 0.3) is 0 Å². The molecule has 2 aromatic rings. The fourth-order valence-electron chi connectivity index (χ4n) is 4.59. The third-order valence-corrected chi connectivity index (χ3v) is 6.38. The smallest absolute Gasteiger partial charge is 0.319 e. The van der Waals surface area contributed by atoms with Gasteiger partial charge in [-0.3, -0.25) is 4.90 Å². The molecule has 1 saturated heterocycles. The molecule has 0 spiro atoms. The van der Waals surface area contributed by atoms with Crippen molar-refractivity contribution in [1.29, 1.82) is 0 Å². The molecule has 0 saturated carbocycles. The summed E-state index contributed by atoms with van der Waals surface area (Å²) in [6.07, 6.45) is 0.758. The number of aryl methyl sites for hydroxylation is 1. The van der Waals surface area contributed by atoms with Gasteiger partial charge in [-0.2, -0.15) is 5.10 Å². The standard InChI is InChI=1S/C26H41FN6O/c1-8-24-23(18-32(17-19(2)3)26(34)29(6)7)25(31-15-13-30(14-16-31)20(4)5)33(28-24)22-11-9-21(27)10-12-22/h9-12,19-20H,8,13-18H2,1-7H3. The van der Waals surface area contributed by atoms with Gasteiger partial charge in [-0.25, -0.2) is 13.9 Å². The number of piperazine rings is 1. The number of carbonyl (C=O) groups excluding carboxylic acids is 1. The number of urea groups is 1. The van der Waals surface area contributed by atoms with Crippen LogP contribution in [0.2, 0.25) is 0 Å². The van der Waals surface area contributed by atoms with Crippen LogP contribution in [0.1, 0.15) is 45.9 Å². The van der Waals surface area contributed by atoms with Crippen molar-refractivity contribution in [2.24, 2.45) is 5.92 Å². The van der Waals surface area contributed by atoms with Crippen LogP contribution in [-0.2, 0) is 13.0 Å². The molecule has 7 nitrogen and oxygen atoms in total. The molecule has 0 unspecified atom stereocenters. The Morgan fingerprint density at radius 2 is 1.68 bits per heavy atom. The first kappa shape index (κ1) is 26.0. The number of halogens is 1. The molecule has 3 rings (SSSR count). The van der Waals surface area contributed by atoms with Crippen LogP contribution in [0.25, 0.3) is 5.69 Å². The fraction of sp³-hybridized carbons (Fsp3) is 0.615. The van der Waals surface area contributed by atoms with Gasteiger partial charge in [-0.1, -0.05) is 20.8 Å². The Bertz CT molecular complexity index is 945. The van der Waals surface area contributed by atoms with Gasteiger partial charge in [-0.15, -0.1) is 0 Å². The lowest BCUT2D eigenvalue weighted by Gasteiger charge is -2.39. The molecule has 2 heterocycles. The maximum atomic E-state index is 13.7. The van der Waals surface area contributed by atoms with E-state index in [1.54, 1.807) is 31.1 Å². The molecule has 0 N–H and O–H groups in total. The summed E-state index contributed by atoms with van der Waals surface area (Å²) in [5.74, 6) is 1.10. The predicted molar refractivity (Wildman–Crippen MR) is 136 cm³/mol. The van der Waals surface area contributed by atoms with Gasteiger partial charge in [0, 0.05) is 58.4 Å². The van der Waals surface area contributed by atoms with Crippen molar-refractivity contribution >= 4 is 11.8 Å². The largest absolute Gasteiger partial charge is 0.354 e. The topological polar surface area (TPSA) is 47.9 Å². The molecule has 0 radical (unpaired) electrons. The normalized spacial score (nSPS) is 14.8. The van der Waals surface area contributed by atoms with Crippen molar-refractivity contribution in [3.63, 3.8) is 0 Å². The van der Waals surface area contributed by atoms with Crippen LogP contribution in [0.5, 0.6) is 0 Å². The summed E-state index contributed by atoms with van der Waals surface area (Å²) in [5.41, 5.74) is 2.89.